The summed E-state index contributed by atoms with van der Waals surface area (Å²) in [4.78, 5) is 25.7. The van der Waals surface area contributed by atoms with Crippen molar-refractivity contribution in [2.45, 2.75) is 64.0 Å². The maximum atomic E-state index is 13.9. The normalized spacial score (nSPS) is 17.0. The first-order chi connectivity index (χ1) is 20.6. The summed E-state index contributed by atoms with van der Waals surface area (Å²) in [6.45, 7) is 8.40. The number of hydrogen-bond donors (Lipinski definition) is 2. The van der Waals surface area contributed by atoms with Gasteiger partial charge in [0, 0.05) is 44.1 Å². The Balaban J connectivity index is 1.09. The van der Waals surface area contributed by atoms with Gasteiger partial charge in [0.15, 0.2) is 11.3 Å². The lowest BCUT2D eigenvalue weighted by molar-refractivity contribution is 0.0204. The Labute approximate surface area is 248 Å². The molecule has 1 aromatic carbocycles. The van der Waals surface area contributed by atoms with Gasteiger partial charge in [-0.3, -0.25) is 4.68 Å². The number of carbonyl (C=O) groups excluding carboxylic acids is 1. The zero-order valence-corrected chi connectivity index (χ0v) is 24.6. The second kappa shape index (κ2) is 11.3. The number of anilines is 2. The van der Waals surface area contributed by atoms with Gasteiger partial charge in [-0.05, 0) is 82.2 Å². The maximum absolute atomic E-state index is 13.9. The molecule has 0 aliphatic carbocycles. The van der Waals surface area contributed by atoms with E-state index >= 15 is 0 Å². The molecule has 226 valence electrons. The fraction of sp³-hybridized carbons (Fsp3) is 0.467. The lowest BCUT2D eigenvalue weighted by Gasteiger charge is -2.34. The molecule has 0 unspecified atom stereocenters. The third kappa shape index (κ3) is 6.02. The lowest BCUT2D eigenvalue weighted by Crippen LogP contribution is -2.41. The number of phenols is 1. The van der Waals surface area contributed by atoms with E-state index in [-0.39, 0.29) is 29.3 Å². The minimum absolute atomic E-state index is 0.0589. The Hall–Kier alpha value is -4.55. The lowest BCUT2D eigenvalue weighted by atomic mass is 9.91. The van der Waals surface area contributed by atoms with Gasteiger partial charge >= 0.3 is 6.09 Å². The van der Waals surface area contributed by atoms with Crippen molar-refractivity contribution in [1.82, 2.24) is 34.8 Å². The molecule has 6 rings (SSSR count). The second-order valence-corrected chi connectivity index (χ2v) is 12.2. The molecule has 13 heteroatoms. The predicted molar refractivity (Wildman–Crippen MR) is 159 cm³/mol. The molecular formula is C30H36FN9O3. The van der Waals surface area contributed by atoms with E-state index < -0.39 is 11.4 Å². The summed E-state index contributed by atoms with van der Waals surface area (Å²) in [5.41, 5.74) is 8.50. The summed E-state index contributed by atoms with van der Waals surface area (Å²) in [7, 11) is 0. The van der Waals surface area contributed by atoms with Crippen LogP contribution in [0.25, 0.3) is 22.3 Å². The SMILES string of the molecule is CC(C)(C)OC(=O)N1CCC(c2cnc(N3CCC(n4nc(N)c5nnc(-c6cc(F)ccc6O)cc54)CC3)nc2)CC1. The van der Waals surface area contributed by atoms with Gasteiger partial charge in [-0.15, -0.1) is 10.2 Å². The Morgan fingerprint density at radius 2 is 1.72 bits per heavy atom. The summed E-state index contributed by atoms with van der Waals surface area (Å²) in [6.07, 6.45) is 6.82. The van der Waals surface area contributed by atoms with Crippen LogP contribution in [0.3, 0.4) is 0 Å². The van der Waals surface area contributed by atoms with Crippen LogP contribution < -0.4 is 10.6 Å². The first-order valence-corrected chi connectivity index (χ1v) is 14.6. The number of hydrogen-bond acceptors (Lipinski definition) is 10. The smallest absolute Gasteiger partial charge is 0.410 e. The third-order valence-electron chi connectivity index (χ3n) is 8.08. The van der Waals surface area contributed by atoms with Gasteiger partial charge in [0.25, 0.3) is 0 Å². The van der Waals surface area contributed by atoms with E-state index in [4.69, 9.17) is 10.5 Å². The van der Waals surface area contributed by atoms with Gasteiger partial charge < -0.3 is 25.4 Å². The number of nitrogens with two attached hydrogens (primary N) is 1. The highest BCUT2D eigenvalue weighted by Gasteiger charge is 2.29. The van der Waals surface area contributed by atoms with Gasteiger partial charge in [0.2, 0.25) is 5.95 Å². The molecule has 0 bridgehead atoms. The maximum Gasteiger partial charge on any atom is 0.410 e. The van der Waals surface area contributed by atoms with Crippen molar-refractivity contribution >= 4 is 28.9 Å². The molecule has 4 aromatic rings. The minimum Gasteiger partial charge on any atom is -0.507 e. The van der Waals surface area contributed by atoms with Gasteiger partial charge in [-0.25, -0.2) is 19.2 Å². The van der Waals surface area contributed by atoms with E-state index in [0.29, 0.717) is 41.7 Å². The van der Waals surface area contributed by atoms with Gasteiger partial charge in [0.1, 0.15) is 17.2 Å². The largest absolute Gasteiger partial charge is 0.507 e. The number of piperidine rings is 2. The van der Waals surface area contributed by atoms with E-state index in [0.717, 1.165) is 44.3 Å². The number of fused-ring (bicyclic) bond motifs is 1. The highest BCUT2D eigenvalue weighted by atomic mass is 19.1. The highest BCUT2D eigenvalue weighted by molar-refractivity contribution is 5.87. The summed E-state index contributed by atoms with van der Waals surface area (Å²) in [5, 5.41) is 23.2. The molecule has 2 aliphatic rings. The molecule has 2 aliphatic heterocycles. The summed E-state index contributed by atoms with van der Waals surface area (Å²) in [6, 6.07) is 5.51. The van der Waals surface area contributed by atoms with E-state index in [1.54, 1.807) is 11.0 Å². The first kappa shape index (κ1) is 28.6. The van der Waals surface area contributed by atoms with Crippen LogP contribution in [0.5, 0.6) is 5.75 Å². The Morgan fingerprint density at radius 3 is 2.40 bits per heavy atom. The van der Waals surface area contributed by atoms with Crippen LogP contribution in [0.15, 0.2) is 36.7 Å². The van der Waals surface area contributed by atoms with Crippen molar-refractivity contribution in [2.24, 2.45) is 0 Å². The van der Waals surface area contributed by atoms with E-state index in [1.807, 2.05) is 37.8 Å². The molecule has 0 radical (unpaired) electrons. The van der Waals surface area contributed by atoms with Crippen LogP contribution in [-0.4, -0.2) is 77.8 Å². The third-order valence-corrected chi connectivity index (χ3v) is 8.08. The Bertz CT molecular complexity index is 1620. The average molecular weight is 590 g/mol. The number of halogens is 1. The van der Waals surface area contributed by atoms with Gasteiger partial charge in [-0.2, -0.15) is 5.10 Å². The number of benzene rings is 1. The average Bonchev–Trinajstić information content (AvgIpc) is 3.33. The topological polar surface area (TPSA) is 148 Å². The van der Waals surface area contributed by atoms with Crippen molar-refractivity contribution in [3.8, 4) is 17.0 Å². The van der Waals surface area contributed by atoms with Crippen LogP contribution in [0.2, 0.25) is 0 Å². The molecule has 43 heavy (non-hydrogen) atoms. The standard InChI is InChI=1S/C30H36FN9O3/c1-30(2,3)43-29(42)39-10-6-18(7-11-39)19-16-33-28(34-17-19)38-12-8-21(9-13-38)40-24-15-23(35-36-26(24)27(32)37-40)22-14-20(31)4-5-25(22)41/h4-5,14-18,21,41H,6-13H2,1-3H3,(H2,32,37). The van der Waals surface area contributed by atoms with E-state index in [1.165, 1.54) is 18.2 Å². The van der Waals surface area contributed by atoms with Crippen molar-refractivity contribution in [3.05, 3.63) is 48.0 Å². The van der Waals surface area contributed by atoms with E-state index in [2.05, 4.69) is 30.2 Å². The molecule has 5 heterocycles. The van der Waals surface area contributed by atoms with Gasteiger partial charge in [-0.1, -0.05) is 0 Å². The van der Waals surface area contributed by atoms with Crippen LogP contribution >= 0.6 is 0 Å². The number of ether oxygens (including phenoxy) is 1. The second-order valence-electron chi connectivity index (χ2n) is 12.2. The molecule has 2 saturated heterocycles. The molecule has 2 fully saturated rings. The fourth-order valence-electron chi connectivity index (χ4n) is 5.82. The summed E-state index contributed by atoms with van der Waals surface area (Å²) >= 11 is 0. The zero-order valence-electron chi connectivity index (χ0n) is 24.6. The molecule has 1 amide bonds. The number of nitrogen functional groups attached to an aromatic ring is 1. The number of nitrogens with zero attached hydrogens (tertiary/aromatic N) is 8. The number of carbonyl (C=O) groups is 1. The van der Waals surface area contributed by atoms with Crippen LogP contribution in [0.1, 0.15) is 64.0 Å². The van der Waals surface area contributed by atoms with Gasteiger partial charge in [0.05, 0.1) is 17.3 Å². The number of aromatic hydroxyl groups is 1. The molecule has 3 N–H and O–H groups in total. The van der Waals surface area contributed by atoms with Crippen molar-refractivity contribution < 1.29 is 19.0 Å². The number of amides is 1. The highest BCUT2D eigenvalue weighted by Crippen LogP contribution is 2.34. The van der Waals surface area contributed by atoms with Crippen LogP contribution in [0.4, 0.5) is 21.0 Å². The predicted octanol–water partition coefficient (Wildman–Crippen LogP) is 4.67. The molecule has 0 atom stereocenters. The number of rotatable bonds is 4. The summed E-state index contributed by atoms with van der Waals surface area (Å²) in [5.74, 6) is 0.705. The fourth-order valence-corrected chi connectivity index (χ4v) is 5.82. The zero-order chi connectivity index (χ0) is 30.3. The Morgan fingerprint density at radius 1 is 1.02 bits per heavy atom. The molecule has 0 saturated carbocycles. The number of likely N-dealkylation sites (tertiary alicyclic amines) is 1. The first-order valence-electron chi connectivity index (χ1n) is 14.6. The Kier molecular flexibility index (Phi) is 7.49. The van der Waals surface area contributed by atoms with E-state index in [9.17, 15) is 14.3 Å². The molecule has 3 aromatic heterocycles. The molecular weight excluding hydrogens is 553 g/mol. The van der Waals surface area contributed by atoms with Crippen molar-refractivity contribution in [2.75, 3.05) is 36.8 Å². The summed E-state index contributed by atoms with van der Waals surface area (Å²) < 4.78 is 21.2. The van der Waals surface area contributed by atoms with Crippen molar-refractivity contribution in [3.63, 3.8) is 0 Å². The number of phenolic OH excluding ortho intramolecular Hbond substituents is 1. The minimum atomic E-state index is -0.501. The van der Waals surface area contributed by atoms with Crippen LogP contribution in [-0.2, 0) is 4.74 Å². The van der Waals surface area contributed by atoms with Crippen LogP contribution in [0, 0.1) is 5.82 Å². The quantitative estimate of drug-likeness (QED) is 0.344. The monoisotopic (exact) mass is 589 g/mol. The number of aromatic nitrogens is 6. The van der Waals surface area contributed by atoms with Crippen molar-refractivity contribution in [1.29, 1.82) is 0 Å². The molecule has 12 nitrogen and oxygen atoms in total. The molecule has 0 spiro atoms.